The first-order valence-corrected chi connectivity index (χ1v) is 7.59. The highest BCUT2D eigenvalue weighted by Gasteiger charge is 2.29. The summed E-state index contributed by atoms with van der Waals surface area (Å²) in [5, 5.41) is 14.3. The van der Waals surface area contributed by atoms with Gasteiger partial charge in [0.1, 0.15) is 0 Å². The third-order valence-electron chi connectivity index (χ3n) is 4.27. The Morgan fingerprint density at radius 1 is 1.17 bits per heavy atom. The number of non-ortho nitro benzene ring substituents is 1. The number of hydrogen-bond donors (Lipinski definition) is 1. The molecular weight excluding hydrogens is 316 g/mol. The van der Waals surface area contributed by atoms with Crippen molar-refractivity contribution in [1.29, 1.82) is 0 Å². The van der Waals surface area contributed by atoms with Crippen LogP contribution in [0.3, 0.4) is 0 Å². The molecule has 3 rings (SSSR count). The average molecular weight is 331 g/mol. The van der Waals surface area contributed by atoms with E-state index in [9.17, 15) is 14.9 Å². The number of nitrogens with one attached hydrogen (secondary N) is 1. The molecule has 1 aliphatic rings. The quantitative estimate of drug-likeness (QED) is 0.657. The number of nitrogens with zero attached hydrogens (tertiary/aromatic N) is 1. The summed E-state index contributed by atoms with van der Waals surface area (Å²) < 4.78 is 0. The van der Waals surface area contributed by atoms with Gasteiger partial charge in [-0.2, -0.15) is 0 Å². The molecule has 0 fully saturated rings. The standard InChI is InChI=1S/C17H15ClN2O3/c1-9-5-14-12(8-17(21)19-16(14)6-10(9)2)13-7-11(20(22)23)3-4-15(13)18/h3-7,12H,8H2,1-2H3,(H,19,21). The highest BCUT2D eigenvalue weighted by molar-refractivity contribution is 6.31. The number of nitro benzene ring substituents is 1. The predicted molar refractivity (Wildman–Crippen MR) is 89.1 cm³/mol. The molecule has 1 aliphatic heterocycles. The fourth-order valence-electron chi connectivity index (χ4n) is 2.92. The van der Waals surface area contributed by atoms with Gasteiger partial charge in [0.2, 0.25) is 5.91 Å². The van der Waals surface area contributed by atoms with Crippen LogP contribution in [0.5, 0.6) is 0 Å². The van der Waals surface area contributed by atoms with E-state index in [1.807, 2.05) is 26.0 Å². The second-order valence-corrected chi connectivity index (χ2v) is 6.20. The number of halogens is 1. The van der Waals surface area contributed by atoms with Gasteiger partial charge in [0.15, 0.2) is 0 Å². The molecular formula is C17H15ClN2O3. The van der Waals surface area contributed by atoms with E-state index in [0.29, 0.717) is 10.6 Å². The molecule has 2 aromatic carbocycles. The van der Waals surface area contributed by atoms with E-state index in [1.54, 1.807) is 0 Å². The summed E-state index contributed by atoms with van der Waals surface area (Å²) in [4.78, 5) is 22.6. The Morgan fingerprint density at radius 2 is 1.87 bits per heavy atom. The SMILES string of the molecule is Cc1cc2c(cc1C)C(c1cc([N+](=O)[O-])ccc1Cl)CC(=O)N2. The maximum absolute atomic E-state index is 12.0. The summed E-state index contributed by atoms with van der Waals surface area (Å²) in [6, 6.07) is 8.30. The summed E-state index contributed by atoms with van der Waals surface area (Å²) in [5.41, 5.74) is 4.45. The maximum Gasteiger partial charge on any atom is 0.269 e. The molecule has 1 unspecified atom stereocenters. The van der Waals surface area contributed by atoms with Crippen LogP contribution in [-0.2, 0) is 4.79 Å². The van der Waals surface area contributed by atoms with Crippen LogP contribution in [-0.4, -0.2) is 10.8 Å². The molecule has 1 amide bonds. The van der Waals surface area contributed by atoms with Gasteiger partial charge in [-0.1, -0.05) is 17.7 Å². The van der Waals surface area contributed by atoms with E-state index in [2.05, 4.69) is 5.32 Å². The van der Waals surface area contributed by atoms with Crippen LogP contribution in [0.2, 0.25) is 5.02 Å². The van der Waals surface area contributed by atoms with Crippen LogP contribution in [0.25, 0.3) is 0 Å². The van der Waals surface area contributed by atoms with Gasteiger partial charge in [-0.25, -0.2) is 0 Å². The minimum atomic E-state index is -0.454. The van der Waals surface area contributed by atoms with E-state index in [1.165, 1.54) is 18.2 Å². The number of anilines is 1. The van der Waals surface area contributed by atoms with E-state index in [4.69, 9.17) is 11.6 Å². The van der Waals surface area contributed by atoms with E-state index in [-0.39, 0.29) is 23.9 Å². The molecule has 6 heteroatoms. The predicted octanol–water partition coefficient (Wildman–Crippen LogP) is 4.34. The summed E-state index contributed by atoms with van der Waals surface area (Å²) in [5.74, 6) is -0.404. The number of benzene rings is 2. The van der Waals surface area contributed by atoms with Gasteiger partial charge >= 0.3 is 0 Å². The van der Waals surface area contributed by atoms with Gasteiger partial charge in [0.25, 0.3) is 5.69 Å². The molecule has 0 aromatic heterocycles. The second-order valence-electron chi connectivity index (χ2n) is 5.79. The van der Waals surface area contributed by atoms with Crippen LogP contribution in [0.15, 0.2) is 30.3 Å². The van der Waals surface area contributed by atoms with Crippen molar-refractivity contribution in [3.05, 3.63) is 67.7 Å². The zero-order valence-electron chi connectivity index (χ0n) is 12.7. The lowest BCUT2D eigenvalue weighted by Crippen LogP contribution is -2.24. The third-order valence-corrected chi connectivity index (χ3v) is 4.61. The molecule has 1 heterocycles. The molecule has 23 heavy (non-hydrogen) atoms. The Bertz CT molecular complexity index is 833. The van der Waals surface area contributed by atoms with Crippen molar-refractivity contribution in [1.82, 2.24) is 0 Å². The Kier molecular flexibility index (Phi) is 3.82. The van der Waals surface area contributed by atoms with E-state index < -0.39 is 4.92 Å². The molecule has 1 N–H and O–H groups in total. The van der Waals surface area contributed by atoms with Gasteiger partial charge in [0, 0.05) is 35.2 Å². The molecule has 118 valence electrons. The fourth-order valence-corrected chi connectivity index (χ4v) is 3.17. The third kappa shape index (κ3) is 2.80. The van der Waals surface area contributed by atoms with Crippen molar-refractivity contribution >= 4 is 28.9 Å². The monoisotopic (exact) mass is 330 g/mol. The summed E-state index contributed by atoms with van der Waals surface area (Å²) in [6.07, 6.45) is 0.219. The number of carbonyl (C=O) groups excluding carboxylic acids is 1. The van der Waals surface area contributed by atoms with Crippen LogP contribution < -0.4 is 5.32 Å². The Labute approximate surface area is 138 Å². The second kappa shape index (κ2) is 5.66. The number of carbonyl (C=O) groups is 1. The van der Waals surface area contributed by atoms with Gasteiger partial charge in [0.05, 0.1) is 4.92 Å². The lowest BCUT2D eigenvalue weighted by Gasteiger charge is -2.27. The normalized spacial score (nSPS) is 16.7. The van der Waals surface area contributed by atoms with E-state index in [0.717, 1.165) is 22.4 Å². The highest BCUT2D eigenvalue weighted by atomic mass is 35.5. The molecule has 0 bridgehead atoms. The minimum Gasteiger partial charge on any atom is -0.326 e. The number of hydrogen-bond acceptors (Lipinski definition) is 3. The summed E-state index contributed by atoms with van der Waals surface area (Å²) in [7, 11) is 0. The molecule has 0 spiro atoms. The number of rotatable bonds is 2. The fraction of sp³-hybridized carbons (Fsp3) is 0.235. The van der Waals surface area contributed by atoms with Crippen LogP contribution in [0.1, 0.15) is 34.6 Å². The number of nitro groups is 1. The lowest BCUT2D eigenvalue weighted by molar-refractivity contribution is -0.384. The zero-order chi connectivity index (χ0) is 16.7. The summed E-state index contributed by atoms with van der Waals surface area (Å²) >= 11 is 6.27. The molecule has 2 aromatic rings. The van der Waals surface area contributed by atoms with Crippen molar-refractivity contribution in [2.45, 2.75) is 26.2 Å². The van der Waals surface area contributed by atoms with Crippen LogP contribution in [0, 0.1) is 24.0 Å². The first-order chi connectivity index (χ1) is 10.9. The smallest absolute Gasteiger partial charge is 0.269 e. The van der Waals surface area contributed by atoms with Gasteiger partial charge in [-0.3, -0.25) is 14.9 Å². The largest absolute Gasteiger partial charge is 0.326 e. The number of fused-ring (bicyclic) bond motifs is 1. The Hall–Kier alpha value is -2.40. The van der Waals surface area contributed by atoms with Crippen molar-refractivity contribution in [2.75, 3.05) is 5.32 Å². The minimum absolute atomic E-state index is 0.0271. The maximum atomic E-state index is 12.0. The van der Waals surface area contributed by atoms with E-state index >= 15 is 0 Å². The van der Waals surface area contributed by atoms with Crippen molar-refractivity contribution in [2.24, 2.45) is 0 Å². The molecule has 0 aliphatic carbocycles. The zero-order valence-corrected chi connectivity index (χ0v) is 13.5. The molecule has 0 saturated carbocycles. The van der Waals surface area contributed by atoms with Crippen molar-refractivity contribution < 1.29 is 9.72 Å². The van der Waals surface area contributed by atoms with Crippen LogP contribution >= 0.6 is 11.6 Å². The van der Waals surface area contributed by atoms with Crippen molar-refractivity contribution in [3.63, 3.8) is 0 Å². The van der Waals surface area contributed by atoms with Crippen LogP contribution in [0.4, 0.5) is 11.4 Å². The molecule has 5 nitrogen and oxygen atoms in total. The topological polar surface area (TPSA) is 72.2 Å². The molecule has 1 atom stereocenters. The highest BCUT2D eigenvalue weighted by Crippen LogP contribution is 2.41. The van der Waals surface area contributed by atoms with Gasteiger partial charge in [-0.05, 0) is 48.2 Å². The summed E-state index contributed by atoms with van der Waals surface area (Å²) in [6.45, 7) is 3.98. The number of amides is 1. The number of aryl methyl sites for hydroxylation is 2. The Morgan fingerprint density at radius 3 is 2.57 bits per heavy atom. The van der Waals surface area contributed by atoms with Gasteiger partial charge in [-0.15, -0.1) is 0 Å². The van der Waals surface area contributed by atoms with Gasteiger partial charge < -0.3 is 5.32 Å². The lowest BCUT2D eigenvalue weighted by atomic mass is 9.83. The molecule has 0 saturated heterocycles. The first kappa shape index (κ1) is 15.5. The Balaban J connectivity index is 2.18. The molecule has 0 radical (unpaired) electrons. The average Bonchev–Trinajstić information content (AvgIpc) is 2.48. The first-order valence-electron chi connectivity index (χ1n) is 7.21. The van der Waals surface area contributed by atoms with Crippen molar-refractivity contribution in [3.8, 4) is 0 Å².